The molecule has 18 heavy (non-hydrogen) atoms. The second-order valence-electron chi connectivity index (χ2n) is 5.27. The normalized spacial score (nSPS) is 42.3. The Morgan fingerprint density at radius 1 is 0.944 bits per heavy atom. The topological polar surface area (TPSA) is 0 Å². The van der Waals surface area contributed by atoms with E-state index < -0.39 is 0 Å². The zero-order chi connectivity index (χ0) is 12.5. The molecule has 6 unspecified atom stereocenters. The Morgan fingerprint density at radius 2 is 1.39 bits per heavy atom. The van der Waals surface area contributed by atoms with Gasteiger partial charge in [0, 0.05) is 0 Å². The predicted molar refractivity (Wildman–Crippen MR) is 92.1 cm³/mol. The summed E-state index contributed by atoms with van der Waals surface area (Å²) in [6, 6.07) is 0. The maximum absolute atomic E-state index is 2.22. The van der Waals surface area contributed by atoms with Crippen LogP contribution in [0.1, 0.15) is 12.8 Å². The van der Waals surface area contributed by atoms with Crippen molar-refractivity contribution in [3.8, 4) is 0 Å². The van der Waals surface area contributed by atoms with Crippen molar-refractivity contribution < 1.29 is 0 Å². The quantitative estimate of drug-likeness (QED) is 0.303. The molecule has 0 amide bonds. The van der Waals surface area contributed by atoms with Crippen molar-refractivity contribution in [2.75, 3.05) is 11.5 Å². The number of hydrogen-bond donors (Lipinski definition) is 0. The first-order valence-electron chi connectivity index (χ1n) is 6.55. The first kappa shape index (κ1) is 16.7. The molecule has 3 heterocycles. The van der Waals surface area contributed by atoms with Crippen LogP contribution in [0.25, 0.3) is 0 Å². The summed E-state index contributed by atoms with van der Waals surface area (Å²) in [6.45, 7) is 0. The molecule has 3 fully saturated rings. The van der Waals surface area contributed by atoms with Crippen LogP contribution in [-0.4, -0.2) is 108 Å². The molecular weight excluding hydrogens is 719 g/mol. The second-order valence-corrected chi connectivity index (χ2v) is 19.0. The Bertz CT molecular complexity index is 257. The van der Waals surface area contributed by atoms with E-state index in [1.54, 1.807) is 21.8 Å². The van der Waals surface area contributed by atoms with Gasteiger partial charge in [-0.25, -0.2) is 0 Å². The summed E-state index contributed by atoms with van der Waals surface area (Å²) in [5.74, 6) is 2.98. The molecule has 3 saturated heterocycles. The minimum absolute atomic E-state index is 0.337. The van der Waals surface area contributed by atoms with Gasteiger partial charge < -0.3 is 0 Å². The Kier molecular flexibility index (Phi) is 7.52. The van der Waals surface area contributed by atoms with Crippen molar-refractivity contribution in [1.29, 1.82) is 0 Å². The van der Waals surface area contributed by atoms with Gasteiger partial charge in [0.1, 0.15) is 0 Å². The average Bonchev–Trinajstić information content (AvgIpc) is 3.25. The van der Waals surface area contributed by atoms with Crippen LogP contribution >= 0.6 is 23.5 Å². The summed E-state index contributed by atoms with van der Waals surface area (Å²) in [4.78, 5) is 0. The molecule has 3 rings (SSSR count). The van der Waals surface area contributed by atoms with E-state index in [0.717, 1.165) is 18.4 Å². The minimum atomic E-state index is 0.337. The molecule has 0 radical (unpaired) electrons. The van der Waals surface area contributed by atoms with Crippen molar-refractivity contribution in [3.63, 3.8) is 0 Å². The Labute approximate surface area is 166 Å². The fourth-order valence-electron chi connectivity index (χ4n) is 2.26. The molecule has 3 aliphatic heterocycles. The standard InChI is InChI=1S/C12H20S2Te4/c15-9(1-7-3-13-7)11-5-17-6-12(18-11)10(16)2-8-4-14-8/h7-12,15-16H,1-6H2. The monoisotopic (exact) mass is 748 g/mol. The van der Waals surface area contributed by atoms with E-state index in [0.29, 0.717) is 41.8 Å². The molecule has 3 aliphatic rings. The molecule has 6 heteroatoms. The van der Waals surface area contributed by atoms with Crippen molar-refractivity contribution in [2.24, 2.45) is 0 Å². The van der Waals surface area contributed by atoms with Crippen LogP contribution in [0.5, 0.6) is 0 Å². The Balaban J connectivity index is 1.46. The molecule has 0 nitrogen and oxygen atoms in total. The van der Waals surface area contributed by atoms with Gasteiger partial charge in [0.05, 0.1) is 0 Å². The van der Waals surface area contributed by atoms with Gasteiger partial charge >= 0.3 is 170 Å². The van der Waals surface area contributed by atoms with E-state index in [1.807, 2.05) is 0 Å². The Morgan fingerprint density at radius 3 is 1.78 bits per heavy atom. The van der Waals surface area contributed by atoms with Gasteiger partial charge in [0.25, 0.3) is 0 Å². The van der Waals surface area contributed by atoms with E-state index in [9.17, 15) is 0 Å². The van der Waals surface area contributed by atoms with Crippen molar-refractivity contribution in [2.45, 2.75) is 48.1 Å². The van der Waals surface area contributed by atoms with Crippen molar-refractivity contribution in [1.82, 2.24) is 0 Å². The van der Waals surface area contributed by atoms with Crippen molar-refractivity contribution in [3.05, 3.63) is 0 Å². The van der Waals surface area contributed by atoms with Crippen LogP contribution in [0.4, 0.5) is 0 Å². The van der Waals surface area contributed by atoms with E-state index in [-0.39, 0.29) is 0 Å². The first-order chi connectivity index (χ1) is 8.72. The predicted octanol–water partition coefficient (Wildman–Crippen LogP) is 2.21. The van der Waals surface area contributed by atoms with Crippen LogP contribution in [0.3, 0.4) is 0 Å². The average molecular weight is 739 g/mol. The van der Waals surface area contributed by atoms with Gasteiger partial charge in [-0.1, -0.05) is 0 Å². The van der Waals surface area contributed by atoms with Crippen LogP contribution in [0, 0.1) is 0 Å². The molecule has 0 aromatic heterocycles. The third kappa shape index (κ3) is 5.49. The molecular formula is C12H20S2Te4. The molecule has 104 valence electrons. The number of rotatable bonds is 6. The van der Waals surface area contributed by atoms with Gasteiger partial charge in [-0.2, -0.15) is 0 Å². The summed E-state index contributed by atoms with van der Waals surface area (Å²) in [5, 5.41) is 2.19. The van der Waals surface area contributed by atoms with E-state index in [1.165, 1.54) is 19.4 Å². The molecule has 0 aromatic rings. The van der Waals surface area contributed by atoms with Gasteiger partial charge in [-0.3, -0.25) is 0 Å². The maximum atomic E-state index is 2.22. The molecule has 0 aromatic carbocycles. The summed E-state index contributed by atoms with van der Waals surface area (Å²) < 4.78 is 8.30. The summed E-state index contributed by atoms with van der Waals surface area (Å²) in [6.07, 6.45) is 3.18. The van der Waals surface area contributed by atoms with Crippen molar-refractivity contribution >= 4 is 110 Å². The molecule has 0 bridgehead atoms. The zero-order valence-corrected chi connectivity index (χ0v) is 21.6. The van der Waals surface area contributed by atoms with Gasteiger partial charge in [0.15, 0.2) is 0 Å². The molecule has 0 saturated carbocycles. The fraction of sp³-hybridized carbons (Fsp3) is 1.00. The molecule has 0 aliphatic carbocycles. The van der Waals surface area contributed by atoms with Crippen LogP contribution in [0.2, 0.25) is 24.8 Å². The fourth-order valence-corrected chi connectivity index (χ4v) is 24.9. The van der Waals surface area contributed by atoms with Gasteiger partial charge in [0.2, 0.25) is 0 Å². The second kappa shape index (κ2) is 8.10. The SMILES string of the molecule is [TeH]C(CC1CS1)C1C[Te]CC(C([TeH])CC2CS2)[Te]1. The Hall–Kier alpha value is 3.86. The number of hydrogen-bond acceptors (Lipinski definition) is 2. The van der Waals surface area contributed by atoms with Gasteiger partial charge in [-0.15, -0.1) is 0 Å². The summed E-state index contributed by atoms with van der Waals surface area (Å²) in [5.41, 5.74) is 0. The summed E-state index contributed by atoms with van der Waals surface area (Å²) >= 11 is 9.59. The first-order valence-corrected chi connectivity index (χ1v) is 17.6. The van der Waals surface area contributed by atoms with E-state index >= 15 is 0 Å². The van der Waals surface area contributed by atoms with E-state index in [2.05, 4.69) is 68.1 Å². The van der Waals surface area contributed by atoms with Crippen LogP contribution < -0.4 is 0 Å². The summed E-state index contributed by atoms with van der Waals surface area (Å²) in [7, 11) is 0. The third-order valence-electron chi connectivity index (χ3n) is 3.59. The van der Waals surface area contributed by atoms with Crippen LogP contribution in [0.15, 0.2) is 0 Å². The van der Waals surface area contributed by atoms with Gasteiger partial charge in [-0.05, 0) is 0 Å². The zero-order valence-electron chi connectivity index (χ0n) is 10.2. The molecule has 6 atom stereocenters. The molecule has 0 N–H and O–H groups in total. The van der Waals surface area contributed by atoms with Crippen LogP contribution in [-0.2, 0) is 0 Å². The van der Waals surface area contributed by atoms with E-state index in [4.69, 9.17) is 0 Å². The molecule has 0 spiro atoms. The third-order valence-corrected chi connectivity index (χ3v) is 24.9. The number of thioether (sulfide) groups is 2.